The van der Waals surface area contributed by atoms with E-state index >= 15 is 0 Å². The molecule has 0 unspecified atom stereocenters. The smallest absolute Gasteiger partial charge is 0.260 e. The molecule has 0 saturated carbocycles. The van der Waals surface area contributed by atoms with Gasteiger partial charge < -0.3 is 15.0 Å². The maximum absolute atomic E-state index is 12.1. The summed E-state index contributed by atoms with van der Waals surface area (Å²) in [6.45, 7) is 5.07. The Morgan fingerprint density at radius 3 is 2.63 bits per heavy atom. The largest absolute Gasteiger partial charge is 0.482 e. The number of hydrogen-bond acceptors (Lipinski definition) is 4. The molecule has 0 spiro atoms. The summed E-state index contributed by atoms with van der Waals surface area (Å²) < 4.78 is 5.51. The molecule has 0 aliphatic carbocycles. The van der Waals surface area contributed by atoms with Crippen LogP contribution in [-0.4, -0.2) is 36.4 Å². The van der Waals surface area contributed by atoms with E-state index in [2.05, 4.69) is 11.4 Å². The number of hydrogen-bond donors (Lipinski definition) is 1. The third kappa shape index (κ3) is 6.88. The molecular formula is C20H25ClN2O3S. The SMILES string of the molecule is CCN(CC)C(=O)COc1ccc(NC(=O)CCCc2cccs2)cc1Cl. The number of aryl methyl sites for hydroxylation is 1. The van der Waals surface area contributed by atoms with Crippen LogP contribution in [0, 0.1) is 0 Å². The highest BCUT2D eigenvalue weighted by molar-refractivity contribution is 7.09. The van der Waals surface area contributed by atoms with Gasteiger partial charge >= 0.3 is 0 Å². The second-order valence-corrected chi connectivity index (χ2v) is 7.42. The standard InChI is InChI=1S/C20H25ClN2O3S/c1-3-23(4-2)20(25)14-26-18-11-10-15(13-17(18)21)22-19(24)9-5-7-16-8-6-12-27-16/h6,8,10-13H,3-5,7,9,14H2,1-2H3,(H,22,24). The van der Waals surface area contributed by atoms with Gasteiger partial charge in [0.2, 0.25) is 5.91 Å². The zero-order chi connectivity index (χ0) is 19.6. The number of anilines is 1. The van der Waals surface area contributed by atoms with Crippen molar-refractivity contribution in [2.24, 2.45) is 0 Å². The van der Waals surface area contributed by atoms with Crippen molar-refractivity contribution in [3.63, 3.8) is 0 Å². The Morgan fingerprint density at radius 2 is 2.00 bits per heavy atom. The Balaban J connectivity index is 1.80. The minimum absolute atomic E-state index is 0.0481. The molecule has 2 amide bonds. The lowest BCUT2D eigenvalue weighted by Gasteiger charge is -2.19. The van der Waals surface area contributed by atoms with Gasteiger partial charge in [-0.05, 0) is 56.3 Å². The molecule has 0 aliphatic heterocycles. The van der Waals surface area contributed by atoms with E-state index in [0.717, 1.165) is 12.8 Å². The fourth-order valence-electron chi connectivity index (χ4n) is 2.60. The van der Waals surface area contributed by atoms with Crippen LogP contribution in [0.2, 0.25) is 5.02 Å². The molecule has 27 heavy (non-hydrogen) atoms. The highest BCUT2D eigenvalue weighted by atomic mass is 35.5. The highest BCUT2D eigenvalue weighted by Gasteiger charge is 2.12. The van der Waals surface area contributed by atoms with Gasteiger partial charge in [-0.2, -0.15) is 0 Å². The number of nitrogens with zero attached hydrogens (tertiary/aromatic N) is 1. The molecule has 1 N–H and O–H groups in total. The van der Waals surface area contributed by atoms with Crippen molar-refractivity contribution in [2.75, 3.05) is 25.0 Å². The first-order valence-corrected chi connectivity index (χ1v) is 10.3. The molecule has 1 aromatic carbocycles. The molecule has 0 atom stereocenters. The molecule has 0 bridgehead atoms. The third-order valence-electron chi connectivity index (χ3n) is 4.09. The van der Waals surface area contributed by atoms with Crippen molar-refractivity contribution in [2.45, 2.75) is 33.1 Å². The summed E-state index contributed by atoms with van der Waals surface area (Å²) in [6.07, 6.45) is 2.15. The van der Waals surface area contributed by atoms with Crippen LogP contribution >= 0.6 is 22.9 Å². The number of carbonyl (C=O) groups excluding carboxylic acids is 2. The van der Waals surface area contributed by atoms with Gasteiger partial charge in [-0.1, -0.05) is 17.7 Å². The van der Waals surface area contributed by atoms with Gasteiger partial charge in [-0.3, -0.25) is 9.59 Å². The van der Waals surface area contributed by atoms with E-state index in [-0.39, 0.29) is 18.4 Å². The maximum Gasteiger partial charge on any atom is 0.260 e. The number of benzene rings is 1. The number of halogens is 1. The van der Waals surface area contributed by atoms with Crippen LogP contribution in [0.5, 0.6) is 5.75 Å². The summed E-state index contributed by atoms with van der Waals surface area (Å²) in [5.74, 6) is 0.292. The van der Waals surface area contributed by atoms with E-state index in [9.17, 15) is 9.59 Å². The topological polar surface area (TPSA) is 58.6 Å². The normalized spacial score (nSPS) is 10.5. The minimum atomic E-state index is -0.0841. The van der Waals surface area contributed by atoms with Crippen LogP contribution in [0.4, 0.5) is 5.69 Å². The van der Waals surface area contributed by atoms with Crippen molar-refractivity contribution in [3.8, 4) is 5.75 Å². The fourth-order valence-corrected chi connectivity index (χ4v) is 3.59. The number of rotatable bonds is 10. The maximum atomic E-state index is 12.1. The number of amides is 2. The Labute approximate surface area is 169 Å². The third-order valence-corrected chi connectivity index (χ3v) is 5.32. The molecule has 0 fully saturated rings. The molecule has 1 aromatic heterocycles. The van der Waals surface area contributed by atoms with E-state index < -0.39 is 0 Å². The van der Waals surface area contributed by atoms with Crippen molar-refractivity contribution in [1.82, 2.24) is 4.90 Å². The lowest BCUT2D eigenvalue weighted by atomic mass is 10.2. The predicted octanol–water partition coefficient (Wildman–Crippen LogP) is 4.61. The molecule has 146 valence electrons. The van der Waals surface area contributed by atoms with Gasteiger partial charge in [0.05, 0.1) is 5.02 Å². The summed E-state index contributed by atoms with van der Waals surface area (Å²) in [4.78, 5) is 27.0. The average molecular weight is 409 g/mol. The van der Waals surface area contributed by atoms with Crippen molar-refractivity contribution >= 4 is 40.4 Å². The number of carbonyl (C=O) groups is 2. The van der Waals surface area contributed by atoms with Crippen LogP contribution in [-0.2, 0) is 16.0 Å². The quantitative estimate of drug-likeness (QED) is 0.624. The summed E-state index contributed by atoms with van der Waals surface area (Å²) in [6, 6.07) is 9.11. The second-order valence-electron chi connectivity index (χ2n) is 5.98. The van der Waals surface area contributed by atoms with Crippen molar-refractivity contribution in [1.29, 1.82) is 0 Å². The van der Waals surface area contributed by atoms with Crippen LogP contribution in [0.25, 0.3) is 0 Å². The molecule has 7 heteroatoms. The first-order valence-electron chi connectivity index (χ1n) is 9.05. The summed E-state index contributed by atoms with van der Waals surface area (Å²) >= 11 is 7.92. The van der Waals surface area contributed by atoms with E-state index in [0.29, 0.717) is 36.0 Å². The number of likely N-dealkylation sites (N-methyl/N-ethyl adjacent to an activating group) is 1. The summed E-state index contributed by atoms with van der Waals surface area (Å²) in [5, 5.41) is 5.24. The zero-order valence-corrected chi connectivity index (χ0v) is 17.2. The molecule has 1 heterocycles. The summed E-state index contributed by atoms with van der Waals surface area (Å²) in [5.41, 5.74) is 0.614. The molecule has 2 aromatic rings. The minimum Gasteiger partial charge on any atom is -0.482 e. The average Bonchev–Trinajstić information content (AvgIpc) is 3.15. The lowest BCUT2D eigenvalue weighted by Crippen LogP contribution is -2.34. The van der Waals surface area contributed by atoms with Crippen LogP contribution < -0.4 is 10.1 Å². The van der Waals surface area contributed by atoms with Crippen molar-refractivity contribution in [3.05, 3.63) is 45.6 Å². The molecule has 0 saturated heterocycles. The van der Waals surface area contributed by atoms with Gasteiger partial charge in [0.1, 0.15) is 5.75 Å². The molecular weight excluding hydrogens is 384 g/mol. The number of thiophene rings is 1. The van der Waals surface area contributed by atoms with E-state index in [1.54, 1.807) is 34.4 Å². The molecule has 0 aliphatic rings. The molecule has 2 rings (SSSR count). The van der Waals surface area contributed by atoms with E-state index in [1.807, 2.05) is 25.3 Å². The van der Waals surface area contributed by atoms with Gasteiger partial charge in [-0.15, -0.1) is 11.3 Å². The van der Waals surface area contributed by atoms with Gasteiger partial charge in [0.25, 0.3) is 5.91 Å². The van der Waals surface area contributed by atoms with Gasteiger partial charge in [0.15, 0.2) is 6.61 Å². The Kier molecular flexibility index (Phi) is 8.61. The van der Waals surface area contributed by atoms with Crippen LogP contribution in [0.3, 0.4) is 0 Å². The fraction of sp³-hybridized carbons (Fsp3) is 0.400. The zero-order valence-electron chi connectivity index (χ0n) is 15.7. The second kappa shape index (κ2) is 10.9. The Morgan fingerprint density at radius 1 is 1.22 bits per heavy atom. The molecule has 5 nitrogen and oxygen atoms in total. The van der Waals surface area contributed by atoms with Crippen LogP contribution in [0.1, 0.15) is 31.6 Å². The first-order chi connectivity index (χ1) is 13.0. The van der Waals surface area contributed by atoms with Gasteiger partial charge in [0, 0.05) is 30.1 Å². The number of ether oxygens (including phenoxy) is 1. The van der Waals surface area contributed by atoms with E-state index in [4.69, 9.17) is 16.3 Å². The predicted molar refractivity (Wildman–Crippen MR) is 111 cm³/mol. The van der Waals surface area contributed by atoms with Gasteiger partial charge in [-0.25, -0.2) is 0 Å². The monoisotopic (exact) mass is 408 g/mol. The Bertz CT molecular complexity index is 746. The van der Waals surface area contributed by atoms with Crippen molar-refractivity contribution < 1.29 is 14.3 Å². The first kappa shape index (κ1) is 21.3. The van der Waals surface area contributed by atoms with E-state index in [1.165, 1.54) is 4.88 Å². The highest BCUT2D eigenvalue weighted by Crippen LogP contribution is 2.28. The number of nitrogens with one attached hydrogen (secondary N) is 1. The summed E-state index contributed by atoms with van der Waals surface area (Å²) in [7, 11) is 0. The molecule has 0 radical (unpaired) electrons. The van der Waals surface area contributed by atoms with Crippen LogP contribution in [0.15, 0.2) is 35.7 Å². The Hall–Kier alpha value is -2.05. The lowest BCUT2D eigenvalue weighted by molar-refractivity contribution is -0.133.